The van der Waals surface area contributed by atoms with Gasteiger partial charge in [0.25, 0.3) is 0 Å². The summed E-state index contributed by atoms with van der Waals surface area (Å²) in [7, 11) is 0. The van der Waals surface area contributed by atoms with Crippen molar-refractivity contribution in [1.82, 2.24) is 0 Å². The molecule has 1 aromatic heterocycles. The Kier molecular flexibility index (Phi) is 4.84. The predicted molar refractivity (Wildman–Crippen MR) is 63.2 cm³/mol. The monoisotopic (exact) mass is 233 g/mol. The van der Waals surface area contributed by atoms with E-state index in [0.29, 0.717) is 0 Å². The third-order valence-corrected chi connectivity index (χ3v) is 2.74. The molecule has 88 valence electrons. The smallest absolute Gasteiger partial charge is 0.121 e. The Bertz CT molecular complexity index is 301. The number of furan rings is 1. The third-order valence-electron chi connectivity index (χ3n) is 2.74. The van der Waals surface area contributed by atoms with E-state index in [9.17, 15) is 5.11 Å². The summed E-state index contributed by atoms with van der Waals surface area (Å²) in [4.78, 5) is 0. The number of aryl methyl sites for hydroxylation is 2. The van der Waals surface area contributed by atoms with Crippen molar-refractivity contribution < 1.29 is 9.52 Å². The first-order valence-corrected chi connectivity index (χ1v) is 4.82. The molecule has 15 heavy (non-hydrogen) atoms. The van der Waals surface area contributed by atoms with Crippen molar-refractivity contribution in [3.63, 3.8) is 0 Å². The Balaban J connectivity index is 0.00000196. The van der Waals surface area contributed by atoms with Crippen LogP contribution in [-0.2, 0) is 0 Å². The highest BCUT2D eigenvalue weighted by Gasteiger charge is 2.29. The molecule has 4 heteroatoms. The van der Waals surface area contributed by atoms with E-state index in [2.05, 4.69) is 0 Å². The first kappa shape index (κ1) is 14.5. The first-order chi connectivity index (χ1) is 6.38. The first-order valence-electron chi connectivity index (χ1n) is 4.82. The van der Waals surface area contributed by atoms with Gasteiger partial charge in [0, 0.05) is 5.41 Å². The van der Waals surface area contributed by atoms with Gasteiger partial charge in [-0.15, -0.1) is 12.4 Å². The molecule has 0 bridgehead atoms. The molecule has 0 amide bonds. The van der Waals surface area contributed by atoms with E-state index < -0.39 is 0 Å². The topological polar surface area (TPSA) is 59.4 Å². The molecule has 0 spiro atoms. The Morgan fingerprint density at radius 2 is 2.00 bits per heavy atom. The van der Waals surface area contributed by atoms with Crippen LogP contribution in [0.3, 0.4) is 0 Å². The SMILES string of the molecule is Cc1cc([C@@H](N)C(C)(C)CO)oc1C.Cl. The summed E-state index contributed by atoms with van der Waals surface area (Å²) >= 11 is 0. The molecule has 0 radical (unpaired) electrons. The fourth-order valence-electron chi connectivity index (χ4n) is 1.24. The average molecular weight is 234 g/mol. The van der Waals surface area contributed by atoms with Gasteiger partial charge in [0.05, 0.1) is 12.6 Å². The van der Waals surface area contributed by atoms with Crippen molar-refractivity contribution in [3.8, 4) is 0 Å². The molecule has 1 heterocycles. The van der Waals surface area contributed by atoms with Crippen LogP contribution in [0.25, 0.3) is 0 Å². The summed E-state index contributed by atoms with van der Waals surface area (Å²) in [6.45, 7) is 7.79. The Morgan fingerprint density at radius 3 is 2.33 bits per heavy atom. The number of hydrogen-bond donors (Lipinski definition) is 2. The fourth-order valence-corrected chi connectivity index (χ4v) is 1.24. The number of halogens is 1. The second kappa shape index (κ2) is 5.01. The molecule has 0 unspecified atom stereocenters. The molecule has 0 aromatic carbocycles. The molecule has 0 aliphatic rings. The van der Waals surface area contributed by atoms with E-state index in [-0.39, 0.29) is 30.5 Å². The van der Waals surface area contributed by atoms with E-state index in [0.717, 1.165) is 17.1 Å². The lowest BCUT2D eigenvalue weighted by Gasteiger charge is -2.27. The minimum Gasteiger partial charge on any atom is -0.464 e. The van der Waals surface area contributed by atoms with Gasteiger partial charge in [-0.05, 0) is 25.5 Å². The van der Waals surface area contributed by atoms with Gasteiger partial charge in [0.15, 0.2) is 0 Å². The maximum Gasteiger partial charge on any atom is 0.121 e. The maximum absolute atomic E-state index is 9.18. The molecular formula is C11H20ClNO2. The van der Waals surface area contributed by atoms with Crippen molar-refractivity contribution in [2.24, 2.45) is 11.1 Å². The second-order valence-electron chi connectivity index (χ2n) is 4.51. The van der Waals surface area contributed by atoms with E-state index >= 15 is 0 Å². The lowest BCUT2D eigenvalue weighted by molar-refractivity contribution is 0.122. The fraction of sp³-hybridized carbons (Fsp3) is 0.636. The zero-order chi connectivity index (χ0) is 10.9. The van der Waals surface area contributed by atoms with Crippen LogP contribution in [0.1, 0.15) is 37.0 Å². The van der Waals surface area contributed by atoms with Crippen molar-refractivity contribution >= 4 is 12.4 Å². The predicted octanol–water partition coefficient (Wildman–Crippen LogP) is 2.34. The number of rotatable bonds is 3. The van der Waals surface area contributed by atoms with Gasteiger partial charge >= 0.3 is 0 Å². The van der Waals surface area contributed by atoms with E-state index in [1.54, 1.807) is 0 Å². The second-order valence-corrected chi connectivity index (χ2v) is 4.51. The summed E-state index contributed by atoms with van der Waals surface area (Å²) in [6, 6.07) is 1.68. The van der Waals surface area contributed by atoms with Crippen LogP contribution >= 0.6 is 12.4 Å². The molecule has 1 atom stereocenters. The van der Waals surface area contributed by atoms with Gasteiger partial charge in [-0.25, -0.2) is 0 Å². The average Bonchev–Trinajstić information content (AvgIpc) is 2.45. The Hall–Kier alpha value is -0.510. The summed E-state index contributed by atoms with van der Waals surface area (Å²) < 4.78 is 5.53. The van der Waals surface area contributed by atoms with E-state index in [1.807, 2.05) is 33.8 Å². The highest BCUT2D eigenvalue weighted by atomic mass is 35.5. The van der Waals surface area contributed by atoms with Gasteiger partial charge in [-0.2, -0.15) is 0 Å². The van der Waals surface area contributed by atoms with Crippen molar-refractivity contribution in [2.75, 3.05) is 6.61 Å². The summed E-state index contributed by atoms with van der Waals surface area (Å²) in [5.74, 6) is 1.64. The zero-order valence-corrected chi connectivity index (χ0v) is 10.5. The van der Waals surface area contributed by atoms with E-state index in [4.69, 9.17) is 10.2 Å². The molecular weight excluding hydrogens is 214 g/mol. The van der Waals surface area contributed by atoms with Gasteiger partial charge < -0.3 is 15.3 Å². The van der Waals surface area contributed by atoms with Crippen molar-refractivity contribution in [2.45, 2.75) is 33.7 Å². The van der Waals surface area contributed by atoms with Crippen LogP contribution < -0.4 is 5.73 Å². The maximum atomic E-state index is 9.18. The van der Waals surface area contributed by atoms with Crippen LogP contribution in [0, 0.1) is 19.3 Å². The molecule has 3 nitrogen and oxygen atoms in total. The zero-order valence-electron chi connectivity index (χ0n) is 9.70. The lowest BCUT2D eigenvalue weighted by atomic mass is 9.84. The van der Waals surface area contributed by atoms with Crippen LogP contribution in [-0.4, -0.2) is 11.7 Å². The summed E-state index contributed by atoms with van der Waals surface area (Å²) in [6.07, 6.45) is 0. The number of aliphatic hydroxyl groups excluding tert-OH is 1. The molecule has 0 aliphatic heterocycles. The molecule has 3 N–H and O–H groups in total. The molecule has 1 aromatic rings. The standard InChI is InChI=1S/C11H19NO2.ClH/c1-7-5-9(14-8(7)2)10(12)11(3,4)6-13;/h5,10,13H,6,12H2,1-4H3;1H/t10-;/m1./s1. The normalized spacial score (nSPS) is 13.5. The van der Waals surface area contributed by atoms with Gasteiger partial charge in [0.2, 0.25) is 0 Å². The highest BCUT2D eigenvalue weighted by Crippen LogP contribution is 2.32. The van der Waals surface area contributed by atoms with Crippen molar-refractivity contribution in [1.29, 1.82) is 0 Å². The number of aliphatic hydroxyl groups is 1. The van der Waals surface area contributed by atoms with Crippen LogP contribution in [0.2, 0.25) is 0 Å². The van der Waals surface area contributed by atoms with Gasteiger partial charge in [-0.3, -0.25) is 0 Å². The van der Waals surface area contributed by atoms with Crippen LogP contribution in [0.4, 0.5) is 0 Å². The minimum atomic E-state index is -0.350. The molecule has 0 fully saturated rings. The summed E-state index contributed by atoms with van der Waals surface area (Å²) in [5.41, 5.74) is 6.76. The summed E-state index contributed by atoms with van der Waals surface area (Å²) in [5, 5.41) is 9.18. The van der Waals surface area contributed by atoms with E-state index in [1.165, 1.54) is 0 Å². The molecule has 0 aliphatic carbocycles. The Labute approximate surface area is 97.1 Å². The van der Waals surface area contributed by atoms with Crippen molar-refractivity contribution in [3.05, 3.63) is 23.2 Å². The largest absolute Gasteiger partial charge is 0.464 e. The lowest BCUT2D eigenvalue weighted by Crippen LogP contribution is -2.32. The third kappa shape index (κ3) is 2.97. The Morgan fingerprint density at radius 1 is 1.47 bits per heavy atom. The van der Waals surface area contributed by atoms with Gasteiger partial charge in [0.1, 0.15) is 11.5 Å². The highest BCUT2D eigenvalue weighted by molar-refractivity contribution is 5.85. The molecule has 0 saturated carbocycles. The molecule has 1 rings (SSSR count). The minimum absolute atomic E-state index is 0. The number of hydrogen-bond acceptors (Lipinski definition) is 3. The van der Waals surface area contributed by atoms with Crippen LogP contribution in [0.15, 0.2) is 10.5 Å². The quantitative estimate of drug-likeness (QED) is 0.843. The van der Waals surface area contributed by atoms with Crippen LogP contribution in [0.5, 0.6) is 0 Å². The molecule has 0 saturated heterocycles. The number of nitrogens with two attached hydrogens (primary N) is 1. The van der Waals surface area contributed by atoms with Gasteiger partial charge in [-0.1, -0.05) is 13.8 Å².